The van der Waals surface area contributed by atoms with Gasteiger partial charge in [0.25, 0.3) is 0 Å². The van der Waals surface area contributed by atoms with E-state index in [1.54, 1.807) is 4.90 Å². The number of hydrogen-bond donors (Lipinski definition) is 1. The van der Waals surface area contributed by atoms with E-state index in [0.29, 0.717) is 13.2 Å². The van der Waals surface area contributed by atoms with E-state index in [0.717, 1.165) is 0 Å². The molecule has 0 spiro atoms. The van der Waals surface area contributed by atoms with Crippen LogP contribution >= 0.6 is 0 Å². The Morgan fingerprint density at radius 2 is 2.29 bits per heavy atom. The Hall–Kier alpha value is -1.10. The number of ether oxygens (including phenoxy) is 1. The molecule has 5 heteroatoms. The predicted octanol–water partition coefficient (Wildman–Crippen LogP) is -0.630. The van der Waals surface area contributed by atoms with E-state index in [9.17, 15) is 9.59 Å². The zero-order valence-corrected chi connectivity index (χ0v) is 8.58. The first-order chi connectivity index (χ1) is 6.65. The summed E-state index contributed by atoms with van der Waals surface area (Å²) in [5.74, 6) is -0.148. The Morgan fingerprint density at radius 3 is 2.93 bits per heavy atom. The first-order valence-corrected chi connectivity index (χ1v) is 4.79. The van der Waals surface area contributed by atoms with Crippen LogP contribution in [0, 0.1) is 0 Å². The Balaban J connectivity index is 2.47. The number of amides is 2. The van der Waals surface area contributed by atoms with Crippen LogP contribution in [0.5, 0.6) is 0 Å². The van der Waals surface area contributed by atoms with Gasteiger partial charge in [0.15, 0.2) is 0 Å². The summed E-state index contributed by atoms with van der Waals surface area (Å²) < 4.78 is 5.21. The highest BCUT2D eigenvalue weighted by molar-refractivity contribution is 5.92. The maximum absolute atomic E-state index is 11.4. The molecule has 80 valence electrons. The average Bonchev–Trinajstić information content (AvgIpc) is 2.18. The molecule has 1 aliphatic rings. The van der Waals surface area contributed by atoms with Crippen LogP contribution < -0.4 is 5.32 Å². The second-order valence-corrected chi connectivity index (χ2v) is 3.31. The standard InChI is InChI=1S/C9H16N2O3/c1-3-14-6-7(2)11-5-8(12)10-4-9(11)13/h7H,3-6H2,1-2H3,(H,10,12). The van der Waals surface area contributed by atoms with Gasteiger partial charge in [0.1, 0.15) is 0 Å². The van der Waals surface area contributed by atoms with Crippen LogP contribution in [-0.4, -0.2) is 49.1 Å². The van der Waals surface area contributed by atoms with Crippen molar-refractivity contribution in [2.75, 3.05) is 26.3 Å². The van der Waals surface area contributed by atoms with Crippen molar-refractivity contribution in [2.45, 2.75) is 19.9 Å². The van der Waals surface area contributed by atoms with Crippen LogP contribution in [0.15, 0.2) is 0 Å². The molecule has 1 atom stereocenters. The molecule has 0 aromatic carbocycles. The summed E-state index contributed by atoms with van der Waals surface area (Å²) in [5.41, 5.74) is 0. The number of nitrogens with zero attached hydrogens (tertiary/aromatic N) is 1. The van der Waals surface area contributed by atoms with Crippen molar-refractivity contribution in [2.24, 2.45) is 0 Å². The highest BCUT2D eigenvalue weighted by Crippen LogP contribution is 2.03. The minimum absolute atomic E-state index is 0.0338. The van der Waals surface area contributed by atoms with Crippen molar-refractivity contribution < 1.29 is 14.3 Å². The molecule has 0 bridgehead atoms. The average molecular weight is 200 g/mol. The SMILES string of the molecule is CCOCC(C)N1CC(=O)NCC1=O. The van der Waals surface area contributed by atoms with Gasteiger partial charge in [-0.3, -0.25) is 9.59 Å². The lowest BCUT2D eigenvalue weighted by molar-refractivity contribution is -0.143. The molecule has 0 aliphatic carbocycles. The first-order valence-electron chi connectivity index (χ1n) is 4.79. The van der Waals surface area contributed by atoms with Crippen LogP contribution in [0.3, 0.4) is 0 Å². The summed E-state index contributed by atoms with van der Waals surface area (Å²) in [7, 11) is 0. The lowest BCUT2D eigenvalue weighted by atomic mass is 10.2. The van der Waals surface area contributed by atoms with Gasteiger partial charge in [0, 0.05) is 6.61 Å². The topological polar surface area (TPSA) is 58.6 Å². The van der Waals surface area contributed by atoms with E-state index < -0.39 is 0 Å². The fraction of sp³-hybridized carbons (Fsp3) is 0.778. The third-order valence-electron chi connectivity index (χ3n) is 2.17. The molecule has 0 aromatic rings. The Labute approximate surface area is 83.4 Å². The summed E-state index contributed by atoms with van der Waals surface area (Å²) in [4.78, 5) is 24.0. The number of rotatable bonds is 4. The summed E-state index contributed by atoms with van der Waals surface area (Å²) in [5, 5.41) is 2.50. The van der Waals surface area contributed by atoms with E-state index in [4.69, 9.17) is 4.74 Å². The summed E-state index contributed by atoms with van der Waals surface area (Å²) >= 11 is 0. The molecule has 1 rings (SSSR count). The third-order valence-corrected chi connectivity index (χ3v) is 2.17. The maximum Gasteiger partial charge on any atom is 0.242 e. The van der Waals surface area contributed by atoms with E-state index in [1.165, 1.54) is 0 Å². The van der Waals surface area contributed by atoms with Gasteiger partial charge in [0.2, 0.25) is 11.8 Å². The van der Waals surface area contributed by atoms with Crippen LogP contribution in [0.25, 0.3) is 0 Å². The number of piperazine rings is 1. The fourth-order valence-corrected chi connectivity index (χ4v) is 1.35. The van der Waals surface area contributed by atoms with Crippen molar-refractivity contribution in [3.8, 4) is 0 Å². The lowest BCUT2D eigenvalue weighted by Gasteiger charge is -2.31. The van der Waals surface area contributed by atoms with Gasteiger partial charge in [0.05, 0.1) is 25.7 Å². The van der Waals surface area contributed by atoms with Crippen LogP contribution in [0.4, 0.5) is 0 Å². The molecule has 0 aromatic heterocycles. The zero-order valence-electron chi connectivity index (χ0n) is 8.58. The molecule has 0 saturated carbocycles. The number of carbonyl (C=O) groups excluding carboxylic acids is 2. The van der Waals surface area contributed by atoms with E-state index in [2.05, 4.69) is 5.32 Å². The monoisotopic (exact) mass is 200 g/mol. The highest BCUT2D eigenvalue weighted by atomic mass is 16.5. The molecule has 5 nitrogen and oxygen atoms in total. The normalized spacial score (nSPS) is 19.4. The molecule has 1 heterocycles. The molecule has 14 heavy (non-hydrogen) atoms. The second-order valence-electron chi connectivity index (χ2n) is 3.31. The number of carbonyl (C=O) groups is 2. The summed E-state index contributed by atoms with van der Waals surface area (Å²) in [6.07, 6.45) is 0. The van der Waals surface area contributed by atoms with E-state index in [-0.39, 0.29) is 30.9 Å². The van der Waals surface area contributed by atoms with E-state index in [1.807, 2.05) is 13.8 Å². The van der Waals surface area contributed by atoms with Crippen molar-refractivity contribution >= 4 is 11.8 Å². The van der Waals surface area contributed by atoms with Gasteiger partial charge >= 0.3 is 0 Å². The molecular weight excluding hydrogens is 184 g/mol. The first kappa shape index (κ1) is 11.0. The fourth-order valence-electron chi connectivity index (χ4n) is 1.35. The van der Waals surface area contributed by atoms with Crippen molar-refractivity contribution in [1.29, 1.82) is 0 Å². The van der Waals surface area contributed by atoms with Crippen molar-refractivity contribution in [3.05, 3.63) is 0 Å². The van der Waals surface area contributed by atoms with Gasteiger partial charge in [-0.25, -0.2) is 0 Å². The summed E-state index contributed by atoms with van der Waals surface area (Å²) in [6, 6.07) is -0.0338. The Bertz CT molecular complexity index is 230. The molecule has 0 radical (unpaired) electrons. The highest BCUT2D eigenvalue weighted by Gasteiger charge is 2.26. The Morgan fingerprint density at radius 1 is 1.57 bits per heavy atom. The Kier molecular flexibility index (Phi) is 3.88. The molecule has 1 unspecified atom stereocenters. The summed E-state index contributed by atoms with van der Waals surface area (Å²) in [6.45, 7) is 5.14. The van der Waals surface area contributed by atoms with Gasteiger partial charge < -0.3 is 15.0 Å². The van der Waals surface area contributed by atoms with Gasteiger partial charge in [-0.15, -0.1) is 0 Å². The van der Waals surface area contributed by atoms with Crippen molar-refractivity contribution in [1.82, 2.24) is 10.2 Å². The molecule has 1 fully saturated rings. The minimum atomic E-state index is -0.104. The van der Waals surface area contributed by atoms with Gasteiger partial charge in [-0.1, -0.05) is 0 Å². The quantitative estimate of drug-likeness (QED) is 0.657. The number of nitrogens with one attached hydrogen (secondary N) is 1. The van der Waals surface area contributed by atoms with Gasteiger partial charge in [-0.2, -0.15) is 0 Å². The van der Waals surface area contributed by atoms with Crippen LogP contribution in [0.1, 0.15) is 13.8 Å². The predicted molar refractivity (Wildman–Crippen MR) is 50.7 cm³/mol. The van der Waals surface area contributed by atoms with Crippen LogP contribution in [-0.2, 0) is 14.3 Å². The molecule has 1 saturated heterocycles. The third kappa shape index (κ3) is 2.70. The smallest absolute Gasteiger partial charge is 0.242 e. The molecule has 2 amide bonds. The zero-order chi connectivity index (χ0) is 10.6. The van der Waals surface area contributed by atoms with Crippen molar-refractivity contribution in [3.63, 3.8) is 0 Å². The van der Waals surface area contributed by atoms with Crippen LogP contribution in [0.2, 0.25) is 0 Å². The lowest BCUT2D eigenvalue weighted by Crippen LogP contribution is -2.55. The maximum atomic E-state index is 11.4. The second kappa shape index (κ2) is 4.95. The largest absolute Gasteiger partial charge is 0.380 e. The van der Waals surface area contributed by atoms with E-state index >= 15 is 0 Å². The minimum Gasteiger partial charge on any atom is -0.380 e. The molecule has 1 N–H and O–H groups in total. The molecular formula is C9H16N2O3. The number of hydrogen-bond acceptors (Lipinski definition) is 3. The molecule has 1 aliphatic heterocycles. The van der Waals surface area contributed by atoms with Gasteiger partial charge in [-0.05, 0) is 13.8 Å².